The van der Waals surface area contributed by atoms with Gasteiger partial charge in [-0.1, -0.05) is 30.3 Å². The number of carbonyl (C=O) groups excluding carboxylic acids is 2. The van der Waals surface area contributed by atoms with Crippen molar-refractivity contribution in [2.24, 2.45) is 0 Å². The molecular formula is C17H17BrN2O2S. The number of rotatable bonds is 6. The zero-order valence-electron chi connectivity index (χ0n) is 12.6. The van der Waals surface area contributed by atoms with Crippen LogP contribution in [0.4, 0.5) is 5.69 Å². The Balaban J connectivity index is 1.79. The fourth-order valence-corrected chi connectivity index (χ4v) is 3.12. The number of benzene rings is 2. The maximum absolute atomic E-state index is 12.1. The maximum Gasteiger partial charge on any atom is 0.243 e. The van der Waals surface area contributed by atoms with Crippen LogP contribution in [-0.2, 0) is 9.59 Å². The smallest absolute Gasteiger partial charge is 0.243 e. The molecule has 0 aliphatic carbocycles. The van der Waals surface area contributed by atoms with Crippen LogP contribution in [0.15, 0.2) is 64.0 Å². The summed E-state index contributed by atoms with van der Waals surface area (Å²) in [5.41, 5.74) is 0.679. The van der Waals surface area contributed by atoms with E-state index in [-0.39, 0.29) is 23.6 Å². The molecule has 0 unspecified atom stereocenters. The number of thioether (sulfide) groups is 1. The minimum absolute atomic E-state index is 0.0557. The average Bonchev–Trinajstić information content (AvgIpc) is 2.55. The number of hydrogen-bond acceptors (Lipinski definition) is 3. The fraction of sp³-hybridized carbons (Fsp3) is 0.176. The van der Waals surface area contributed by atoms with Crippen molar-refractivity contribution in [2.45, 2.75) is 17.1 Å². The monoisotopic (exact) mass is 392 g/mol. The Bertz CT molecular complexity index is 679. The van der Waals surface area contributed by atoms with E-state index < -0.39 is 0 Å². The molecule has 0 saturated carbocycles. The molecule has 0 fully saturated rings. The van der Waals surface area contributed by atoms with Crippen molar-refractivity contribution >= 4 is 45.2 Å². The molecule has 0 aromatic heterocycles. The van der Waals surface area contributed by atoms with E-state index in [2.05, 4.69) is 26.6 Å². The van der Waals surface area contributed by atoms with Gasteiger partial charge in [-0.15, -0.1) is 11.8 Å². The van der Waals surface area contributed by atoms with E-state index in [1.54, 1.807) is 6.07 Å². The zero-order chi connectivity index (χ0) is 16.7. The normalized spacial score (nSPS) is 11.6. The Kier molecular flexibility index (Phi) is 6.67. The van der Waals surface area contributed by atoms with Gasteiger partial charge in [0.1, 0.15) is 0 Å². The third kappa shape index (κ3) is 5.73. The Morgan fingerprint density at radius 2 is 1.74 bits per heavy atom. The topological polar surface area (TPSA) is 58.2 Å². The molecule has 120 valence electrons. The van der Waals surface area contributed by atoms with Crippen molar-refractivity contribution in [3.8, 4) is 0 Å². The van der Waals surface area contributed by atoms with Gasteiger partial charge in [-0.25, -0.2) is 0 Å². The van der Waals surface area contributed by atoms with Gasteiger partial charge in [-0.2, -0.15) is 0 Å². The molecule has 0 aliphatic heterocycles. The first kappa shape index (κ1) is 17.6. The van der Waals surface area contributed by atoms with Gasteiger partial charge in [0.2, 0.25) is 11.8 Å². The SMILES string of the molecule is C[C@@H](Sc1ccccc1)C(=O)NCC(=O)Nc1ccccc1Br. The number of para-hydroxylation sites is 1. The van der Waals surface area contributed by atoms with Gasteiger partial charge in [0.05, 0.1) is 17.5 Å². The fourth-order valence-electron chi connectivity index (χ4n) is 1.82. The van der Waals surface area contributed by atoms with E-state index in [0.29, 0.717) is 5.69 Å². The van der Waals surface area contributed by atoms with Crippen molar-refractivity contribution in [1.29, 1.82) is 0 Å². The highest BCUT2D eigenvalue weighted by Crippen LogP contribution is 2.23. The predicted molar refractivity (Wildman–Crippen MR) is 97.5 cm³/mol. The highest BCUT2D eigenvalue weighted by molar-refractivity contribution is 9.10. The lowest BCUT2D eigenvalue weighted by molar-refractivity contribution is -0.123. The minimum atomic E-state index is -0.270. The van der Waals surface area contributed by atoms with Crippen LogP contribution in [0.2, 0.25) is 0 Å². The van der Waals surface area contributed by atoms with Crippen LogP contribution < -0.4 is 10.6 Å². The van der Waals surface area contributed by atoms with Crippen molar-refractivity contribution in [3.05, 3.63) is 59.1 Å². The Labute approximate surface area is 148 Å². The predicted octanol–water partition coefficient (Wildman–Crippen LogP) is 3.68. The van der Waals surface area contributed by atoms with E-state index in [4.69, 9.17) is 0 Å². The van der Waals surface area contributed by atoms with Gasteiger partial charge in [-0.3, -0.25) is 9.59 Å². The summed E-state index contributed by atoms with van der Waals surface area (Å²) in [5, 5.41) is 5.13. The average molecular weight is 393 g/mol. The first-order chi connectivity index (χ1) is 11.1. The molecule has 0 heterocycles. The number of anilines is 1. The van der Waals surface area contributed by atoms with Gasteiger partial charge >= 0.3 is 0 Å². The lowest BCUT2D eigenvalue weighted by Crippen LogP contribution is -2.37. The van der Waals surface area contributed by atoms with Crippen LogP contribution >= 0.6 is 27.7 Å². The van der Waals surface area contributed by atoms with E-state index >= 15 is 0 Å². The summed E-state index contributed by atoms with van der Waals surface area (Å²) in [5.74, 6) is -0.428. The molecule has 0 spiro atoms. The standard InChI is InChI=1S/C17H17BrN2O2S/c1-12(23-13-7-3-2-4-8-13)17(22)19-11-16(21)20-15-10-6-5-9-14(15)18/h2-10,12H,11H2,1H3,(H,19,22)(H,20,21)/t12-/m1/s1. The third-order valence-electron chi connectivity index (χ3n) is 3.00. The molecule has 2 aromatic rings. The molecule has 6 heteroatoms. The van der Waals surface area contributed by atoms with Crippen LogP contribution in [0.3, 0.4) is 0 Å². The second-order valence-corrected chi connectivity index (χ2v) is 7.09. The van der Waals surface area contributed by atoms with Crippen molar-refractivity contribution in [1.82, 2.24) is 5.32 Å². The lowest BCUT2D eigenvalue weighted by Gasteiger charge is -2.12. The Hall–Kier alpha value is -1.79. The minimum Gasteiger partial charge on any atom is -0.346 e. The molecule has 2 aromatic carbocycles. The van der Waals surface area contributed by atoms with Crippen molar-refractivity contribution < 1.29 is 9.59 Å². The molecule has 23 heavy (non-hydrogen) atoms. The molecule has 0 saturated heterocycles. The molecule has 0 radical (unpaired) electrons. The van der Waals surface area contributed by atoms with Crippen LogP contribution in [-0.4, -0.2) is 23.6 Å². The van der Waals surface area contributed by atoms with Gasteiger partial charge in [0.15, 0.2) is 0 Å². The quantitative estimate of drug-likeness (QED) is 0.737. The molecule has 4 nitrogen and oxygen atoms in total. The summed E-state index contributed by atoms with van der Waals surface area (Å²) in [6, 6.07) is 17.0. The number of nitrogens with one attached hydrogen (secondary N) is 2. The van der Waals surface area contributed by atoms with Gasteiger partial charge < -0.3 is 10.6 Å². The summed E-state index contributed by atoms with van der Waals surface area (Å²) in [6.07, 6.45) is 0. The second-order valence-electron chi connectivity index (χ2n) is 4.82. The van der Waals surface area contributed by atoms with Crippen LogP contribution in [0, 0.1) is 0 Å². The molecule has 1 atom stereocenters. The molecule has 0 bridgehead atoms. The van der Waals surface area contributed by atoms with E-state index in [1.807, 2.05) is 55.5 Å². The summed E-state index contributed by atoms with van der Waals surface area (Å²) in [4.78, 5) is 25.0. The highest BCUT2D eigenvalue weighted by Gasteiger charge is 2.15. The maximum atomic E-state index is 12.1. The molecule has 2 rings (SSSR count). The third-order valence-corrected chi connectivity index (χ3v) is 4.80. The van der Waals surface area contributed by atoms with Crippen molar-refractivity contribution in [3.63, 3.8) is 0 Å². The number of halogens is 1. The van der Waals surface area contributed by atoms with Crippen LogP contribution in [0.25, 0.3) is 0 Å². The molecule has 0 aliphatic rings. The van der Waals surface area contributed by atoms with Gasteiger partial charge in [-0.05, 0) is 47.1 Å². The Morgan fingerprint density at radius 3 is 2.43 bits per heavy atom. The number of amides is 2. The number of hydrogen-bond donors (Lipinski definition) is 2. The molecular weight excluding hydrogens is 376 g/mol. The molecule has 2 amide bonds. The Morgan fingerprint density at radius 1 is 1.09 bits per heavy atom. The summed E-state index contributed by atoms with van der Waals surface area (Å²) < 4.78 is 0.799. The largest absolute Gasteiger partial charge is 0.346 e. The lowest BCUT2D eigenvalue weighted by atomic mass is 10.3. The van der Waals surface area contributed by atoms with Crippen LogP contribution in [0.5, 0.6) is 0 Å². The van der Waals surface area contributed by atoms with Crippen molar-refractivity contribution in [2.75, 3.05) is 11.9 Å². The second kappa shape index (κ2) is 8.74. The van der Waals surface area contributed by atoms with Crippen LogP contribution in [0.1, 0.15) is 6.92 Å². The van der Waals surface area contributed by atoms with E-state index in [0.717, 1.165) is 9.37 Å². The highest BCUT2D eigenvalue weighted by atomic mass is 79.9. The van der Waals surface area contributed by atoms with Gasteiger partial charge in [0, 0.05) is 9.37 Å². The molecule has 2 N–H and O–H groups in total. The summed E-state index contributed by atoms with van der Waals surface area (Å²) in [7, 11) is 0. The first-order valence-corrected chi connectivity index (χ1v) is 8.77. The summed E-state index contributed by atoms with van der Waals surface area (Å²) in [6.45, 7) is 1.76. The zero-order valence-corrected chi connectivity index (χ0v) is 15.0. The summed E-state index contributed by atoms with van der Waals surface area (Å²) >= 11 is 4.82. The van der Waals surface area contributed by atoms with E-state index in [9.17, 15) is 9.59 Å². The first-order valence-electron chi connectivity index (χ1n) is 7.10. The number of carbonyl (C=O) groups is 2. The van der Waals surface area contributed by atoms with Gasteiger partial charge in [0.25, 0.3) is 0 Å². The van der Waals surface area contributed by atoms with E-state index in [1.165, 1.54) is 11.8 Å².